The highest BCUT2D eigenvalue weighted by atomic mass is 16.5. The van der Waals surface area contributed by atoms with Gasteiger partial charge in [-0.05, 0) is 57.2 Å². The molecule has 188 valence electrons. The van der Waals surface area contributed by atoms with Gasteiger partial charge in [-0.15, -0.1) is 0 Å². The van der Waals surface area contributed by atoms with Crippen LogP contribution in [0.4, 0.5) is 0 Å². The zero-order chi connectivity index (χ0) is 26.6. The Morgan fingerprint density at radius 2 is 1.11 bits per heavy atom. The quantitative estimate of drug-likeness (QED) is 0.291. The minimum absolute atomic E-state index is 0.0503. The number of esters is 1. The molecule has 0 aliphatic heterocycles. The number of carbonyl (C=O) groups excluding carboxylic acids is 1. The predicted octanol–water partition coefficient (Wildman–Crippen LogP) is 7.90. The summed E-state index contributed by atoms with van der Waals surface area (Å²) in [4.78, 5) is 11.7. The zero-order valence-corrected chi connectivity index (χ0v) is 22.6. The summed E-state index contributed by atoms with van der Waals surface area (Å²) < 4.78 is 5.08. The normalized spacial score (nSPS) is 11.9. The molecule has 0 aromatic heterocycles. The fourth-order valence-corrected chi connectivity index (χ4v) is 3.51. The van der Waals surface area contributed by atoms with Crippen molar-refractivity contribution in [2.75, 3.05) is 0 Å². The van der Waals surface area contributed by atoms with E-state index in [0.29, 0.717) is 11.5 Å². The van der Waals surface area contributed by atoms with Crippen LogP contribution in [0.1, 0.15) is 89.4 Å². The Bertz CT molecular complexity index is 1110. The number of carbonyl (C=O) groups is 1. The van der Waals surface area contributed by atoms with Crippen LogP contribution < -0.4 is 4.74 Å². The number of benzene rings is 3. The van der Waals surface area contributed by atoms with Crippen molar-refractivity contribution in [2.24, 2.45) is 0 Å². The highest BCUT2D eigenvalue weighted by Gasteiger charge is 2.28. The Kier molecular flexibility index (Phi) is 8.43. The van der Waals surface area contributed by atoms with Gasteiger partial charge in [0.25, 0.3) is 0 Å². The number of rotatable bonds is 2. The molecule has 0 amide bonds. The van der Waals surface area contributed by atoms with E-state index in [1.165, 1.54) is 17.7 Å². The van der Waals surface area contributed by atoms with Gasteiger partial charge in [-0.25, -0.2) is 4.79 Å². The second-order valence-electron chi connectivity index (χ2n) is 11.9. The Labute approximate surface area is 210 Å². The van der Waals surface area contributed by atoms with E-state index in [4.69, 9.17) is 4.74 Å². The van der Waals surface area contributed by atoms with Crippen molar-refractivity contribution in [3.8, 4) is 17.2 Å². The lowest BCUT2D eigenvalue weighted by Gasteiger charge is -2.31. The van der Waals surface area contributed by atoms with E-state index in [1.54, 1.807) is 36.4 Å². The Morgan fingerprint density at radius 1 is 0.657 bits per heavy atom. The maximum absolute atomic E-state index is 11.7. The van der Waals surface area contributed by atoms with Crippen LogP contribution in [0.3, 0.4) is 0 Å². The first kappa shape index (κ1) is 28.0. The summed E-state index contributed by atoms with van der Waals surface area (Å²) in [6.07, 6.45) is 0. The summed E-state index contributed by atoms with van der Waals surface area (Å²) in [6, 6.07) is 19.3. The summed E-state index contributed by atoms with van der Waals surface area (Å²) in [5, 5.41) is 20.1. The van der Waals surface area contributed by atoms with Gasteiger partial charge in [0, 0.05) is 0 Å². The van der Waals surface area contributed by atoms with Crippen molar-refractivity contribution in [2.45, 2.75) is 78.6 Å². The average molecular weight is 477 g/mol. The van der Waals surface area contributed by atoms with Crippen LogP contribution in [0, 0.1) is 0 Å². The molecule has 2 N–H and O–H groups in total. The van der Waals surface area contributed by atoms with Crippen LogP contribution in [0.2, 0.25) is 0 Å². The van der Waals surface area contributed by atoms with Gasteiger partial charge in [-0.2, -0.15) is 0 Å². The lowest BCUT2D eigenvalue weighted by atomic mass is 9.75. The molecule has 0 saturated carbocycles. The number of phenols is 2. The highest BCUT2D eigenvalue weighted by molar-refractivity contribution is 5.93. The molecular weight excluding hydrogens is 436 g/mol. The number of hydrogen-bond acceptors (Lipinski definition) is 4. The van der Waals surface area contributed by atoms with Crippen molar-refractivity contribution in [3.05, 3.63) is 89.0 Å². The average Bonchev–Trinajstić information content (AvgIpc) is 2.73. The number of ether oxygens (including phenoxy) is 1. The lowest BCUT2D eigenvalue weighted by molar-refractivity contribution is 0.0731. The fourth-order valence-electron chi connectivity index (χ4n) is 3.51. The van der Waals surface area contributed by atoms with Crippen LogP contribution in [-0.4, -0.2) is 16.2 Å². The molecule has 0 aliphatic rings. The maximum Gasteiger partial charge on any atom is 0.347 e. The van der Waals surface area contributed by atoms with E-state index in [9.17, 15) is 15.0 Å². The maximum atomic E-state index is 11.7. The van der Waals surface area contributed by atoms with Crippen LogP contribution >= 0.6 is 0 Å². The largest absolute Gasteiger partial charge is 0.507 e. The molecule has 0 heterocycles. The Hall–Kier alpha value is -3.27. The summed E-state index contributed by atoms with van der Waals surface area (Å²) in [6.45, 7) is 19.6. The second-order valence-corrected chi connectivity index (χ2v) is 11.9. The van der Waals surface area contributed by atoms with Crippen molar-refractivity contribution in [3.63, 3.8) is 0 Å². The number of para-hydroxylation sites is 2. The molecule has 3 rings (SSSR count). The summed E-state index contributed by atoms with van der Waals surface area (Å²) >= 11 is 0. The lowest BCUT2D eigenvalue weighted by Crippen LogP contribution is -2.21. The molecule has 0 spiro atoms. The van der Waals surface area contributed by atoms with Gasteiger partial charge in [0.1, 0.15) is 22.8 Å². The van der Waals surface area contributed by atoms with Crippen molar-refractivity contribution < 1.29 is 19.7 Å². The molecule has 0 aliphatic carbocycles. The smallest absolute Gasteiger partial charge is 0.347 e. The van der Waals surface area contributed by atoms with E-state index in [-0.39, 0.29) is 27.6 Å². The SMILES string of the molecule is CC(C)(C)c1cc(C(C)(C)C)c(O)c(C(C)(C)C)c1.O=C(Oc1ccccc1)c1ccccc1O. The number of phenolic OH excluding ortho intramolecular Hbond substituents is 2. The standard InChI is InChI=1S/C18H30O.C13H10O3/c1-16(2,3)12-10-13(17(4,5)6)15(19)14(11-12)18(7,8)9;14-12-9-5-4-8-11(12)13(15)16-10-6-2-1-3-7-10/h10-11,19H,1-9H3;1-9,14H. The van der Waals surface area contributed by atoms with Gasteiger partial charge >= 0.3 is 5.97 Å². The molecule has 35 heavy (non-hydrogen) atoms. The van der Waals surface area contributed by atoms with Gasteiger partial charge in [0.15, 0.2) is 0 Å². The van der Waals surface area contributed by atoms with E-state index < -0.39 is 5.97 Å². The molecular formula is C31H40O4. The first-order valence-corrected chi connectivity index (χ1v) is 12.0. The van der Waals surface area contributed by atoms with Crippen LogP contribution in [-0.2, 0) is 16.2 Å². The third-order valence-electron chi connectivity index (χ3n) is 5.67. The molecule has 4 heteroatoms. The molecule has 3 aromatic rings. The minimum atomic E-state index is -0.565. The van der Waals surface area contributed by atoms with Crippen LogP contribution in [0.5, 0.6) is 17.2 Å². The molecule has 0 fully saturated rings. The van der Waals surface area contributed by atoms with Gasteiger partial charge in [0.05, 0.1) is 0 Å². The monoisotopic (exact) mass is 476 g/mol. The first-order valence-electron chi connectivity index (χ1n) is 12.0. The Morgan fingerprint density at radius 3 is 1.54 bits per heavy atom. The van der Waals surface area contributed by atoms with E-state index in [0.717, 1.165) is 11.1 Å². The molecule has 4 nitrogen and oxygen atoms in total. The summed E-state index contributed by atoms with van der Waals surface area (Å²) in [5.74, 6) is 0.275. The van der Waals surface area contributed by atoms with E-state index in [1.807, 2.05) is 6.07 Å². The third-order valence-corrected chi connectivity index (χ3v) is 5.67. The predicted molar refractivity (Wildman–Crippen MR) is 144 cm³/mol. The molecule has 0 atom stereocenters. The first-order chi connectivity index (χ1) is 16.0. The number of aromatic hydroxyl groups is 2. The number of hydrogen-bond donors (Lipinski definition) is 2. The second kappa shape index (κ2) is 10.6. The van der Waals surface area contributed by atoms with Gasteiger partial charge < -0.3 is 14.9 Å². The third kappa shape index (κ3) is 7.61. The zero-order valence-electron chi connectivity index (χ0n) is 22.6. The molecule has 0 unspecified atom stereocenters. The van der Waals surface area contributed by atoms with Crippen LogP contribution in [0.15, 0.2) is 66.7 Å². The molecule has 0 saturated heterocycles. The van der Waals surface area contributed by atoms with E-state index in [2.05, 4.69) is 74.4 Å². The van der Waals surface area contributed by atoms with Crippen molar-refractivity contribution in [1.82, 2.24) is 0 Å². The molecule has 0 radical (unpaired) electrons. The summed E-state index contributed by atoms with van der Waals surface area (Å²) in [5.41, 5.74) is 3.53. The highest BCUT2D eigenvalue weighted by Crippen LogP contribution is 2.41. The topological polar surface area (TPSA) is 66.8 Å². The van der Waals surface area contributed by atoms with Gasteiger partial charge in [-0.3, -0.25) is 0 Å². The Balaban J connectivity index is 0.000000250. The van der Waals surface area contributed by atoms with Crippen LogP contribution in [0.25, 0.3) is 0 Å². The van der Waals surface area contributed by atoms with E-state index >= 15 is 0 Å². The van der Waals surface area contributed by atoms with Crippen molar-refractivity contribution >= 4 is 5.97 Å². The van der Waals surface area contributed by atoms with Gasteiger partial charge in [-0.1, -0.05) is 105 Å². The molecule has 3 aromatic carbocycles. The summed E-state index contributed by atoms with van der Waals surface area (Å²) in [7, 11) is 0. The minimum Gasteiger partial charge on any atom is -0.507 e. The van der Waals surface area contributed by atoms with Gasteiger partial charge in [0.2, 0.25) is 0 Å². The van der Waals surface area contributed by atoms with Crippen molar-refractivity contribution in [1.29, 1.82) is 0 Å². The fraction of sp³-hybridized carbons (Fsp3) is 0.387. The molecule has 0 bridgehead atoms.